The van der Waals surface area contributed by atoms with Crippen LogP contribution in [0.15, 0.2) is 48.9 Å². The number of piperidine rings is 1. The number of halogens is 2. The van der Waals surface area contributed by atoms with Crippen LogP contribution in [0.2, 0.25) is 0 Å². The largest absolute Gasteiger partial charge is 0.437 e. The van der Waals surface area contributed by atoms with Crippen LogP contribution in [0.3, 0.4) is 0 Å². The van der Waals surface area contributed by atoms with Crippen molar-refractivity contribution in [2.75, 3.05) is 24.5 Å². The number of benzene rings is 1. The van der Waals surface area contributed by atoms with E-state index in [9.17, 15) is 18.4 Å². The predicted molar refractivity (Wildman–Crippen MR) is 94.7 cm³/mol. The standard InChI is InChI=1S/C19H18F2N4O3/c20-19(21)17(27)25(14-4-2-1-3-5-14)13-18(28-19)6-10-24(11-7-18)16(26)15-12-22-8-9-23-15/h1-5,8-9,12H,6-7,10-11,13H2. The lowest BCUT2D eigenvalue weighted by atomic mass is 9.88. The number of amides is 2. The summed E-state index contributed by atoms with van der Waals surface area (Å²) in [6.07, 6.45) is 0.720. The van der Waals surface area contributed by atoms with Crippen LogP contribution >= 0.6 is 0 Å². The highest BCUT2D eigenvalue weighted by molar-refractivity contribution is 5.98. The molecular weight excluding hydrogens is 370 g/mol. The molecule has 0 saturated carbocycles. The minimum atomic E-state index is -3.91. The third-order valence-corrected chi connectivity index (χ3v) is 5.10. The lowest BCUT2D eigenvalue weighted by Gasteiger charge is -2.48. The van der Waals surface area contributed by atoms with Crippen LogP contribution in [0.1, 0.15) is 23.3 Å². The summed E-state index contributed by atoms with van der Waals surface area (Å²) in [5, 5.41) is 0. The summed E-state index contributed by atoms with van der Waals surface area (Å²) in [5.41, 5.74) is -0.616. The van der Waals surface area contributed by atoms with Crippen molar-refractivity contribution in [1.82, 2.24) is 14.9 Å². The Hall–Kier alpha value is -2.94. The first-order valence-corrected chi connectivity index (χ1v) is 8.91. The van der Waals surface area contributed by atoms with Gasteiger partial charge in [0, 0.05) is 31.2 Å². The van der Waals surface area contributed by atoms with Crippen molar-refractivity contribution in [2.45, 2.75) is 24.6 Å². The number of rotatable bonds is 2. The number of ether oxygens (including phenoxy) is 1. The SMILES string of the molecule is O=C(c1cnccn1)N1CCC2(CC1)CN(c1ccccc1)C(=O)C(F)(F)O2. The number of para-hydroxylation sites is 1. The van der Waals surface area contributed by atoms with Crippen molar-refractivity contribution in [2.24, 2.45) is 0 Å². The molecule has 0 atom stereocenters. The molecule has 2 amide bonds. The van der Waals surface area contributed by atoms with Crippen LogP contribution in [0, 0.1) is 0 Å². The molecule has 28 heavy (non-hydrogen) atoms. The van der Waals surface area contributed by atoms with E-state index < -0.39 is 17.6 Å². The summed E-state index contributed by atoms with van der Waals surface area (Å²) < 4.78 is 33.8. The first kappa shape index (κ1) is 18.4. The normalized spacial score (nSPS) is 21.0. The number of carbonyl (C=O) groups is 2. The number of anilines is 1. The highest BCUT2D eigenvalue weighted by atomic mass is 19.3. The topological polar surface area (TPSA) is 75.6 Å². The number of morpholine rings is 1. The average Bonchev–Trinajstić information content (AvgIpc) is 2.72. The number of likely N-dealkylation sites (tertiary alicyclic amines) is 1. The molecule has 0 aliphatic carbocycles. The maximum absolute atomic E-state index is 14.4. The molecule has 4 rings (SSSR count). The first-order valence-electron chi connectivity index (χ1n) is 8.91. The average molecular weight is 388 g/mol. The molecule has 1 aromatic heterocycles. The van der Waals surface area contributed by atoms with Gasteiger partial charge in [-0.3, -0.25) is 14.6 Å². The number of aromatic nitrogens is 2. The van der Waals surface area contributed by atoms with Crippen LogP contribution in [0.5, 0.6) is 0 Å². The Morgan fingerprint density at radius 1 is 1.11 bits per heavy atom. The number of carbonyl (C=O) groups excluding carboxylic acids is 2. The van der Waals surface area contributed by atoms with E-state index in [1.807, 2.05) is 0 Å². The lowest BCUT2D eigenvalue weighted by molar-refractivity contribution is -0.292. The van der Waals surface area contributed by atoms with Crippen molar-refractivity contribution in [3.8, 4) is 0 Å². The van der Waals surface area contributed by atoms with Gasteiger partial charge >= 0.3 is 12.0 Å². The molecule has 2 aliphatic heterocycles. The zero-order chi connectivity index (χ0) is 19.8. The fourth-order valence-corrected chi connectivity index (χ4v) is 3.63. The fourth-order valence-electron chi connectivity index (χ4n) is 3.63. The minimum absolute atomic E-state index is 0.0125. The molecule has 0 bridgehead atoms. The Morgan fingerprint density at radius 2 is 1.82 bits per heavy atom. The molecule has 1 aromatic carbocycles. The minimum Gasteiger partial charge on any atom is -0.337 e. The third-order valence-electron chi connectivity index (χ3n) is 5.10. The number of hydrogen-bond donors (Lipinski definition) is 0. The van der Waals surface area contributed by atoms with Crippen molar-refractivity contribution >= 4 is 17.5 Å². The van der Waals surface area contributed by atoms with Gasteiger partial charge in [-0.25, -0.2) is 4.98 Å². The van der Waals surface area contributed by atoms with E-state index in [1.54, 1.807) is 35.2 Å². The van der Waals surface area contributed by atoms with Crippen molar-refractivity contribution in [3.63, 3.8) is 0 Å². The van der Waals surface area contributed by atoms with E-state index in [0.717, 1.165) is 4.90 Å². The molecule has 2 fully saturated rings. The predicted octanol–water partition coefficient (Wildman–Crippen LogP) is 2.11. The van der Waals surface area contributed by atoms with Crippen LogP contribution in [0.4, 0.5) is 14.5 Å². The van der Waals surface area contributed by atoms with Gasteiger partial charge in [-0.05, 0) is 25.0 Å². The van der Waals surface area contributed by atoms with E-state index in [-0.39, 0.29) is 44.1 Å². The molecule has 9 heteroatoms. The van der Waals surface area contributed by atoms with Crippen LogP contribution in [-0.2, 0) is 9.53 Å². The molecule has 3 heterocycles. The molecule has 2 aromatic rings. The van der Waals surface area contributed by atoms with E-state index in [1.165, 1.54) is 18.6 Å². The van der Waals surface area contributed by atoms with Gasteiger partial charge in [0.25, 0.3) is 5.91 Å². The van der Waals surface area contributed by atoms with E-state index >= 15 is 0 Å². The Bertz CT molecular complexity index is 871. The molecule has 146 valence electrons. The van der Waals surface area contributed by atoms with Gasteiger partial charge in [0.15, 0.2) is 0 Å². The van der Waals surface area contributed by atoms with Gasteiger partial charge in [-0.15, -0.1) is 0 Å². The first-order chi connectivity index (χ1) is 13.4. The summed E-state index contributed by atoms with van der Waals surface area (Å²) in [4.78, 5) is 35.2. The number of hydrogen-bond acceptors (Lipinski definition) is 5. The summed E-state index contributed by atoms with van der Waals surface area (Å²) in [7, 11) is 0. The highest BCUT2D eigenvalue weighted by Gasteiger charge is 2.57. The molecule has 7 nitrogen and oxygen atoms in total. The monoisotopic (exact) mass is 388 g/mol. The molecule has 2 aliphatic rings. The fraction of sp³-hybridized carbons (Fsp3) is 0.368. The third kappa shape index (κ3) is 3.33. The summed E-state index contributed by atoms with van der Waals surface area (Å²) in [6.45, 7) is 0.462. The molecule has 0 unspecified atom stereocenters. The maximum Gasteiger partial charge on any atom is 0.437 e. The van der Waals surface area contributed by atoms with Crippen LogP contribution in [-0.4, -0.2) is 58.0 Å². The molecule has 1 spiro atoms. The smallest absolute Gasteiger partial charge is 0.337 e. The van der Waals surface area contributed by atoms with Gasteiger partial charge in [0.2, 0.25) is 0 Å². The second-order valence-corrected chi connectivity index (χ2v) is 6.91. The zero-order valence-electron chi connectivity index (χ0n) is 14.9. The van der Waals surface area contributed by atoms with Gasteiger partial charge in [0.05, 0.1) is 18.3 Å². The summed E-state index contributed by atoms with van der Waals surface area (Å²) >= 11 is 0. The van der Waals surface area contributed by atoms with Crippen molar-refractivity contribution in [3.05, 3.63) is 54.6 Å². The Balaban J connectivity index is 1.52. The zero-order valence-corrected chi connectivity index (χ0v) is 14.9. The second kappa shape index (κ2) is 6.90. The van der Waals surface area contributed by atoms with Gasteiger partial charge in [0.1, 0.15) is 5.69 Å². The van der Waals surface area contributed by atoms with E-state index in [2.05, 4.69) is 9.97 Å². The van der Waals surface area contributed by atoms with Crippen LogP contribution < -0.4 is 4.90 Å². The van der Waals surface area contributed by atoms with Gasteiger partial charge < -0.3 is 14.5 Å². The molecular formula is C19H18F2N4O3. The Morgan fingerprint density at radius 3 is 2.46 bits per heavy atom. The summed E-state index contributed by atoms with van der Waals surface area (Å²) in [5.74, 6) is -1.68. The summed E-state index contributed by atoms with van der Waals surface area (Å²) in [6, 6.07) is 8.34. The van der Waals surface area contributed by atoms with E-state index in [0.29, 0.717) is 5.69 Å². The quantitative estimate of drug-likeness (QED) is 0.788. The molecule has 2 saturated heterocycles. The van der Waals surface area contributed by atoms with Crippen LogP contribution in [0.25, 0.3) is 0 Å². The number of nitrogens with zero attached hydrogens (tertiary/aromatic N) is 4. The van der Waals surface area contributed by atoms with Gasteiger partial charge in [-0.1, -0.05) is 18.2 Å². The second-order valence-electron chi connectivity index (χ2n) is 6.91. The maximum atomic E-state index is 14.4. The van der Waals surface area contributed by atoms with Gasteiger partial charge in [-0.2, -0.15) is 8.78 Å². The van der Waals surface area contributed by atoms with Crippen molar-refractivity contribution in [1.29, 1.82) is 0 Å². The van der Waals surface area contributed by atoms with Crippen molar-refractivity contribution < 1.29 is 23.1 Å². The Labute approximate surface area is 159 Å². The molecule has 0 N–H and O–H groups in total. The Kier molecular flexibility index (Phi) is 4.54. The molecule has 0 radical (unpaired) electrons. The highest BCUT2D eigenvalue weighted by Crippen LogP contribution is 2.40. The van der Waals surface area contributed by atoms with E-state index in [4.69, 9.17) is 4.74 Å². The number of alkyl halides is 2. The lowest BCUT2D eigenvalue weighted by Crippen LogP contribution is -2.65.